The number of ether oxygens (including phenoxy) is 1. The van der Waals surface area contributed by atoms with Crippen molar-refractivity contribution in [1.29, 1.82) is 0 Å². The van der Waals surface area contributed by atoms with Crippen LogP contribution in [0, 0.1) is 0 Å². The molecule has 2 rings (SSSR count). The number of carbonyl (C=O) groups excluding carboxylic acids is 1. The molecule has 6 nitrogen and oxygen atoms in total. The maximum atomic E-state index is 12.2. The van der Waals surface area contributed by atoms with Gasteiger partial charge >= 0.3 is 5.97 Å². The number of aryl methyl sites for hydroxylation is 1. The van der Waals surface area contributed by atoms with Gasteiger partial charge in [0, 0.05) is 24.1 Å². The van der Waals surface area contributed by atoms with Crippen molar-refractivity contribution in [2.24, 2.45) is 5.10 Å². The van der Waals surface area contributed by atoms with Crippen molar-refractivity contribution in [3.05, 3.63) is 47.6 Å². The van der Waals surface area contributed by atoms with Crippen LogP contribution in [-0.4, -0.2) is 29.1 Å². The molecule has 0 aliphatic heterocycles. The van der Waals surface area contributed by atoms with Crippen LogP contribution in [0.3, 0.4) is 0 Å². The zero-order valence-corrected chi connectivity index (χ0v) is 20.7. The summed E-state index contributed by atoms with van der Waals surface area (Å²) in [5.74, 6) is 0.0244. The Labute approximate surface area is 198 Å². The highest BCUT2D eigenvalue weighted by Crippen LogP contribution is 2.35. The topological polar surface area (TPSA) is 101 Å². The van der Waals surface area contributed by atoms with Crippen LogP contribution < -0.4 is 10.8 Å². The highest BCUT2D eigenvalue weighted by atomic mass is 16.5. The standard InChI is InChI=1S/C27H39N3O3/c1-5-6-7-8-9-12-17-33-25(31)16-15-20-18-21(27(2,3)4)26(32)24(19-20)30-29-23-14-11-10-13-22(23)28/h10-11,13-14,18-19,28,30,32H,5-9,12,15-17H2,1-4H3/p+2/b28-22?,29-23-. The molecule has 33 heavy (non-hydrogen) atoms. The van der Waals surface area contributed by atoms with Crippen molar-refractivity contribution >= 4 is 23.1 Å². The average molecular weight is 456 g/mol. The molecular formula is C27H41N3O3+2. The molecule has 0 fully saturated rings. The number of hydrogen-bond donors (Lipinski definition) is 3. The van der Waals surface area contributed by atoms with Gasteiger partial charge in [-0.1, -0.05) is 83.1 Å². The Balaban J connectivity index is 2.00. The fourth-order valence-corrected chi connectivity index (χ4v) is 3.66. The van der Waals surface area contributed by atoms with Crippen LogP contribution in [0.1, 0.15) is 83.8 Å². The number of phenols is 1. The number of benzene rings is 1. The molecule has 5 N–H and O–H groups in total. The molecule has 0 atom stereocenters. The smallest absolute Gasteiger partial charge is 0.306 e. The van der Waals surface area contributed by atoms with E-state index in [-0.39, 0.29) is 17.1 Å². The van der Waals surface area contributed by atoms with Crippen molar-refractivity contribution < 1.29 is 25.5 Å². The molecule has 1 aromatic carbocycles. The SMILES string of the molecule is CCCCCCCCOC(=O)CCc1cc([NH2+]/N=C2/C=CC=CC2=[NH2+])c(O)c(C(C)(C)C)c1. The van der Waals surface area contributed by atoms with Crippen LogP contribution in [0.25, 0.3) is 0 Å². The number of rotatable bonds is 12. The molecule has 1 aromatic rings. The van der Waals surface area contributed by atoms with E-state index < -0.39 is 0 Å². The van der Waals surface area contributed by atoms with E-state index >= 15 is 0 Å². The fourth-order valence-electron chi connectivity index (χ4n) is 3.66. The third-order valence-electron chi connectivity index (χ3n) is 5.67. The molecule has 0 radical (unpaired) electrons. The van der Waals surface area contributed by atoms with Gasteiger partial charge in [0.2, 0.25) is 5.71 Å². The molecule has 1 aliphatic rings. The summed E-state index contributed by atoms with van der Waals surface area (Å²) in [5.41, 5.74) is 5.01. The van der Waals surface area contributed by atoms with Crippen LogP contribution in [0.5, 0.6) is 5.75 Å². The maximum Gasteiger partial charge on any atom is 0.306 e. The van der Waals surface area contributed by atoms with Crippen molar-refractivity contribution in [1.82, 2.24) is 0 Å². The van der Waals surface area contributed by atoms with Crippen molar-refractivity contribution in [2.75, 3.05) is 6.61 Å². The molecule has 6 heteroatoms. The predicted octanol–water partition coefficient (Wildman–Crippen LogP) is 3.40. The number of nitrogens with zero attached hydrogens (tertiary/aromatic N) is 1. The lowest BCUT2D eigenvalue weighted by molar-refractivity contribution is -0.577. The van der Waals surface area contributed by atoms with Crippen LogP contribution in [0.2, 0.25) is 0 Å². The molecule has 0 aromatic heterocycles. The minimum Gasteiger partial charge on any atom is -0.502 e. The third-order valence-corrected chi connectivity index (χ3v) is 5.67. The summed E-state index contributed by atoms with van der Waals surface area (Å²) in [6.07, 6.45) is 15.2. The Kier molecular flexibility index (Phi) is 10.5. The minimum absolute atomic E-state index is 0.179. The van der Waals surface area contributed by atoms with Gasteiger partial charge < -0.3 is 9.84 Å². The molecule has 0 bridgehead atoms. The van der Waals surface area contributed by atoms with E-state index in [1.54, 1.807) is 11.5 Å². The van der Waals surface area contributed by atoms with E-state index in [0.717, 1.165) is 24.0 Å². The fraction of sp³-hybridized carbons (Fsp3) is 0.519. The van der Waals surface area contributed by atoms with Gasteiger partial charge in [0.25, 0.3) is 0 Å². The van der Waals surface area contributed by atoms with Gasteiger partial charge in [0.1, 0.15) is 0 Å². The maximum absolute atomic E-state index is 12.2. The highest BCUT2D eigenvalue weighted by Gasteiger charge is 2.24. The number of esters is 1. The number of carbonyl (C=O) groups is 1. The van der Waals surface area contributed by atoms with Crippen molar-refractivity contribution in [3.8, 4) is 5.75 Å². The zero-order chi connectivity index (χ0) is 24.3. The van der Waals surface area contributed by atoms with Gasteiger partial charge in [-0.3, -0.25) is 10.2 Å². The van der Waals surface area contributed by atoms with Crippen LogP contribution in [0.15, 0.2) is 41.5 Å². The molecular weight excluding hydrogens is 414 g/mol. The first-order chi connectivity index (χ1) is 15.7. The molecule has 0 heterocycles. The van der Waals surface area contributed by atoms with Crippen LogP contribution in [-0.2, 0) is 21.4 Å². The third kappa shape index (κ3) is 8.97. The molecule has 0 spiro atoms. The Hall–Kier alpha value is -2.73. The summed E-state index contributed by atoms with van der Waals surface area (Å²) in [6.45, 7) is 8.85. The Morgan fingerprint density at radius 1 is 1.09 bits per heavy atom. The number of quaternary nitrogens is 1. The van der Waals surface area contributed by atoms with E-state index in [1.807, 2.05) is 30.4 Å². The van der Waals surface area contributed by atoms with E-state index in [2.05, 4.69) is 32.8 Å². The quantitative estimate of drug-likeness (QED) is 0.0856. The van der Waals surface area contributed by atoms with Gasteiger partial charge in [-0.25, -0.2) is 0 Å². The summed E-state index contributed by atoms with van der Waals surface area (Å²) < 4.78 is 5.41. The van der Waals surface area contributed by atoms with Gasteiger partial charge in [-0.15, -0.1) is 0 Å². The van der Waals surface area contributed by atoms with Gasteiger partial charge in [0.05, 0.1) is 6.61 Å². The number of unbranched alkanes of at least 4 members (excludes halogenated alkanes) is 5. The number of aromatic hydroxyl groups is 1. The van der Waals surface area contributed by atoms with E-state index in [0.29, 0.717) is 36.6 Å². The monoisotopic (exact) mass is 455 g/mol. The second kappa shape index (κ2) is 13.1. The van der Waals surface area contributed by atoms with Crippen molar-refractivity contribution in [2.45, 2.75) is 84.5 Å². The lowest BCUT2D eigenvalue weighted by Gasteiger charge is -2.22. The summed E-state index contributed by atoms with van der Waals surface area (Å²) in [6, 6.07) is 3.86. The first kappa shape index (κ1) is 26.5. The molecule has 0 unspecified atom stereocenters. The Morgan fingerprint density at radius 3 is 2.48 bits per heavy atom. The van der Waals surface area contributed by atoms with E-state index in [4.69, 9.17) is 10.1 Å². The van der Waals surface area contributed by atoms with Gasteiger partial charge in [-0.2, -0.15) is 5.43 Å². The van der Waals surface area contributed by atoms with Crippen molar-refractivity contribution in [3.63, 3.8) is 0 Å². The second-order valence-electron chi connectivity index (χ2n) is 9.64. The Bertz CT molecular complexity index is 908. The largest absolute Gasteiger partial charge is 0.502 e. The summed E-state index contributed by atoms with van der Waals surface area (Å²) in [7, 11) is 0. The zero-order valence-electron chi connectivity index (χ0n) is 20.7. The number of allylic oxidation sites excluding steroid dienone is 4. The summed E-state index contributed by atoms with van der Waals surface area (Å²) in [4.78, 5) is 12.2. The second-order valence-corrected chi connectivity index (χ2v) is 9.64. The number of nitrogens with two attached hydrogens (primary N) is 2. The molecule has 0 saturated carbocycles. The van der Waals surface area contributed by atoms with E-state index in [9.17, 15) is 9.90 Å². The first-order valence-corrected chi connectivity index (χ1v) is 12.1. The summed E-state index contributed by atoms with van der Waals surface area (Å²) >= 11 is 0. The Morgan fingerprint density at radius 2 is 1.79 bits per heavy atom. The van der Waals surface area contributed by atoms with Gasteiger partial charge in [0.15, 0.2) is 17.1 Å². The minimum atomic E-state index is -0.257. The molecule has 180 valence electrons. The lowest BCUT2D eigenvalue weighted by Crippen LogP contribution is -2.72. The molecule has 1 aliphatic carbocycles. The number of phenolic OH excluding ortho intramolecular Hbond substituents is 1. The first-order valence-electron chi connectivity index (χ1n) is 12.1. The lowest BCUT2D eigenvalue weighted by atomic mass is 9.84. The molecule has 0 saturated heterocycles. The average Bonchev–Trinajstić information content (AvgIpc) is 2.77. The molecule has 0 amide bonds. The van der Waals surface area contributed by atoms with Crippen LogP contribution in [0.4, 0.5) is 5.69 Å². The van der Waals surface area contributed by atoms with Gasteiger partial charge in [-0.05, 0) is 29.9 Å². The summed E-state index contributed by atoms with van der Waals surface area (Å²) in [5, 5.41) is 21.3. The highest BCUT2D eigenvalue weighted by molar-refractivity contribution is 6.48. The predicted molar refractivity (Wildman–Crippen MR) is 134 cm³/mol. The number of hydrogen-bond acceptors (Lipinski definition) is 4. The van der Waals surface area contributed by atoms with E-state index in [1.165, 1.54) is 25.7 Å². The normalized spacial score (nSPS) is 14.8. The van der Waals surface area contributed by atoms with Crippen LogP contribution >= 0.6 is 0 Å².